The molecule has 0 aliphatic heterocycles. The van der Waals surface area contributed by atoms with Crippen LogP contribution in [0.5, 0.6) is 5.75 Å². The van der Waals surface area contributed by atoms with Gasteiger partial charge in [-0.1, -0.05) is 12.1 Å². The first-order chi connectivity index (χ1) is 13.1. The van der Waals surface area contributed by atoms with Crippen LogP contribution in [0.15, 0.2) is 23.2 Å². The molecule has 28 heavy (non-hydrogen) atoms. The first kappa shape index (κ1) is 25.0. The maximum Gasteiger partial charge on any atom is 0.191 e. The lowest BCUT2D eigenvalue weighted by Gasteiger charge is -2.18. The van der Waals surface area contributed by atoms with Crippen molar-refractivity contribution in [3.8, 4) is 5.75 Å². The first-order valence-corrected chi connectivity index (χ1v) is 10.0. The van der Waals surface area contributed by atoms with E-state index in [1.807, 2.05) is 0 Å². The molecule has 6 nitrogen and oxygen atoms in total. The van der Waals surface area contributed by atoms with Gasteiger partial charge in [-0.2, -0.15) is 0 Å². The third-order valence-electron chi connectivity index (χ3n) is 4.61. The summed E-state index contributed by atoms with van der Waals surface area (Å²) >= 11 is 0. The van der Waals surface area contributed by atoms with Gasteiger partial charge in [-0.15, -0.1) is 24.0 Å². The van der Waals surface area contributed by atoms with Gasteiger partial charge in [0.15, 0.2) is 5.96 Å². The number of guanidine groups is 1. The molecule has 0 radical (unpaired) electrons. The summed E-state index contributed by atoms with van der Waals surface area (Å²) < 4.78 is 11.2. The van der Waals surface area contributed by atoms with Crippen molar-refractivity contribution in [2.24, 2.45) is 10.9 Å². The second-order valence-corrected chi connectivity index (χ2v) is 7.28. The highest BCUT2D eigenvalue weighted by molar-refractivity contribution is 14.0. The third-order valence-corrected chi connectivity index (χ3v) is 4.61. The highest BCUT2D eigenvalue weighted by Crippen LogP contribution is 2.30. The van der Waals surface area contributed by atoms with Crippen molar-refractivity contribution in [2.75, 3.05) is 53.6 Å². The fourth-order valence-corrected chi connectivity index (χ4v) is 2.65. The molecule has 1 aliphatic carbocycles. The minimum atomic E-state index is 0. The van der Waals surface area contributed by atoms with Gasteiger partial charge in [-0.05, 0) is 51.3 Å². The van der Waals surface area contributed by atoms with Gasteiger partial charge in [0.25, 0.3) is 0 Å². The molecular weight excluding hydrogens is 467 g/mol. The fraction of sp³-hybridized carbons (Fsp3) is 0.667. The molecule has 1 fully saturated rings. The number of halogens is 1. The number of hydrogen-bond donors (Lipinski definition) is 2. The van der Waals surface area contributed by atoms with Crippen molar-refractivity contribution < 1.29 is 9.47 Å². The van der Waals surface area contributed by atoms with E-state index in [0.717, 1.165) is 62.6 Å². The molecule has 1 aromatic carbocycles. The number of rotatable bonds is 12. The van der Waals surface area contributed by atoms with Crippen molar-refractivity contribution in [3.63, 3.8) is 0 Å². The Balaban J connectivity index is 0.00000392. The van der Waals surface area contributed by atoms with Gasteiger partial charge in [0, 0.05) is 38.9 Å². The normalized spacial score (nSPS) is 14.0. The lowest BCUT2D eigenvalue weighted by molar-refractivity contribution is 0.162. The van der Waals surface area contributed by atoms with E-state index in [-0.39, 0.29) is 24.0 Å². The number of ether oxygens (including phenoxy) is 2. The van der Waals surface area contributed by atoms with Gasteiger partial charge in [-0.25, -0.2) is 4.99 Å². The summed E-state index contributed by atoms with van der Waals surface area (Å²) in [6.07, 6.45) is 2.60. The van der Waals surface area contributed by atoms with Gasteiger partial charge < -0.3 is 25.0 Å². The molecule has 0 atom stereocenters. The quantitative estimate of drug-likeness (QED) is 0.261. The number of likely N-dealkylation sites (N-methyl/N-ethyl adjacent to an activating group) is 1. The van der Waals surface area contributed by atoms with Gasteiger partial charge in [0.2, 0.25) is 0 Å². The molecule has 0 aromatic heterocycles. The van der Waals surface area contributed by atoms with Gasteiger partial charge in [0.1, 0.15) is 5.75 Å². The topological polar surface area (TPSA) is 58.1 Å². The van der Waals surface area contributed by atoms with E-state index < -0.39 is 0 Å². The molecule has 0 spiro atoms. The van der Waals surface area contributed by atoms with Crippen LogP contribution in [-0.2, 0) is 11.3 Å². The Labute approximate surface area is 187 Å². The van der Waals surface area contributed by atoms with E-state index >= 15 is 0 Å². The van der Waals surface area contributed by atoms with E-state index in [1.54, 1.807) is 7.11 Å². The molecule has 2 rings (SSSR count). The summed E-state index contributed by atoms with van der Waals surface area (Å²) in [5.41, 5.74) is 2.35. The summed E-state index contributed by atoms with van der Waals surface area (Å²) in [4.78, 5) is 6.99. The predicted molar refractivity (Wildman–Crippen MR) is 127 cm³/mol. The zero-order valence-corrected chi connectivity index (χ0v) is 20.1. The number of hydrogen-bond acceptors (Lipinski definition) is 4. The molecule has 0 amide bonds. The standard InChI is InChI=1S/C21H36N4O2.HI/c1-5-22-21(23-10-11-25(3)12-13-26-4)24-15-19-9-6-17(2)14-20(19)27-16-18-7-8-18;/h6,9,14,18H,5,7-8,10-13,15-16H2,1-4H3,(H2,22,23,24);1H. The van der Waals surface area contributed by atoms with Crippen LogP contribution < -0.4 is 15.4 Å². The van der Waals surface area contributed by atoms with Gasteiger partial charge in [0.05, 0.1) is 19.8 Å². The van der Waals surface area contributed by atoms with Crippen LogP contribution in [0.25, 0.3) is 0 Å². The molecule has 0 heterocycles. The van der Waals surface area contributed by atoms with Crippen LogP contribution in [0.4, 0.5) is 0 Å². The lowest BCUT2D eigenvalue weighted by atomic mass is 10.1. The molecule has 2 N–H and O–H groups in total. The molecule has 7 heteroatoms. The molecule has 1 saturated carbocycles. The van der Waals surface area contributed by atoms with E-state index in [0.29, 0.717) is 6.54 Å². The van der Waals surface area contributed by atoms with Crippen molar-refractivity contribution in [2.45, 2.75) is 33.2 Å². The van der Waals surface area contributed by atoms with Crippen molar-refractivity contribution in [1.82, 2.24) is 15.5 Å². The Bertz CT molecular complexity index is 594. The van der Waals surface area contributed by atoms with Gasteiger partial charge in [-0.3, -0.25) is 0 Å². The maximum absolute atomic E-state index is 6.06. The highest BCUT2D eigenvalue weighted by atomic mass is 127. The van der Waals surface area contributed by atoms with Crippen LogP contribution >= 0.6 is 24.0 Å². The van der Waals surface area contributed by atoms with Crippen molar-refractivity contribution >= 4 is 29.9 Å². The van der Waals surface area contributed by atoms with Crippen LogP contribution in [0, 0.1) is 12.8 Å². The van der Waals surface area contributed by atoms with Gasteiger partial charge >= 0.3 is 0 Å². The molecular formula is C21H37IN4O2. The number of methoxy groups -OCH3 is 1. The first-order valence-electron chi connectivity index (χ1n) is 10.0. The summed E-state index contributed by atoms with van der Waals surface area (Å²) in [6, 6.07) is 6.38. The zero-order valence-electron chi connectivity index (χ0n) is 17.8. The Morgan fingerprint density at radius 3 is 2.71 bits per heavy atom. The number of benzene rings is 1. The lowest BCUT2D eigenvalue weighted by Crippen LogP contribution is -2.41. The Kier molecular flexibility index (Phi) is 12.5. The number of aryl methyl sites for hydroxylation is 1. The number of aliphatic imine (C=N–C) groups is 1. The molecule has 1 aliphatic rings. The largest absolute Gasteiger partial charge is 0.493 e. The minimum Gasteiger partial charge on any atom is -0.493 e. The molecule has 160 valence electrons. The molecule has 0 saturated heterocycles. The van der Waals surface area contributed by atoms with Crippen LogP contribution in [0.2, 0.25) is 0 Å². The summed E-state index contributed by atoms with van der Waals surface area (Å²) in [5, 5.41) is 6.72. The molecule has 0 unspecified atom stereocenters. The predicted octanol–water partition coefficient (Wildman–Crippen LogP) is 3.04. The second kappa shape index (κ2) is 14.0. The smallest absolute Gasteiger partial charge is 0.191 e. The molecule has 0 bridgehead atoms. The Morgan fingerprint density at radius 2 is 2.04 bits per heavy atom. The van der Waals surface area contributed by atoms with Crippen LogP contribution in [0.1, 0.15) is 30.9 Å². The maximum atomic E-state index is 6.06. The monoisotopic (exact) mass is 504 g/mol. The molecule has 1 aromatic rings. The SMILES string of the molecule is CCNC(=NCc1ccc(C)cc1OCC1CC1)NCCN(C)CCOC.I. The van der Waals surface area contributed by atoms with E-state index in [1.165, 1.54) is 18.4 Å². The van der Waals surface area contributed by atoms with Crippen molar-refractivity contribution in [1.29, 1.82) is 0 Å². The Hall–Kier alpha value is -1.06. The summed E-state index contributed by atoms with van der Waals surface area (Å²) in [6.45, 7) is 9.91. The van der Waals surface area contributed by atoms with Crippen molar-refractivity contribution in [3.05, 3.63) is 29.3 Å². The summed E-state index contributed by atoms with van der Waals surface area (Å²) in [7, 11) is 3.83. The van der Waals surface area contributed by atoms with E-state index in [2.05, 4.69) is 54.6 Å². The highest BCUT2D eigenvalue weighted by Gasteiger charge is 2.22. The number of nitrogens with one attached hydrogen (secondary N) is 2. The average molecular weight is 504 g/mol. The zero-order chi connectivity index (χ0) is 19.5. The summed E-state index contributed by atoms with van der Waals surface area (Å²) in [5.74, 6) is 2.56. The van der Waals surface area contributed by atoms with E-state index in [9.17, 15) is 0 Å². The number of nitrogens with zero attached hydrogens (tertiary/aromatic N) is 2. The fourth-order valence-electron chi connectivity index (χ4n) is 2.65. The minimum absolute atomic E-state index is 0. The average Bonchev–Trinajstić information content (AvgIpc) is 3.48. The van der Waals surface area contributed by atoms with E-state index in [4.69, 9.17) is 14.5 Å². The Morgan fingerprint density at radius 1 is 1.25 bits per heavy atom. The van der Waals surface area contributed by atoms with Crippen LogP contribution in [0.3, 0.4) is 0 Å². The second-order valence-electron chi connectivity index (χ2n) is 7.28. The third kappa shape index (κ3) is 9.93. The van der Waals surface area contributed by atoms with Crippen LogP contribution in [-0.4, -0.2) is 64.4 Å².